The van der Waals surface area contributed by atoms with E-state index in [9.17, 15) is 0 Å². The Balaban J connectivity index is 2.01. The van der Waals surface area contributed by atoms with Gasteiger partial charge in [-0.3, -0.25) is 4.40 Å². The number of nitrogens with zero attached hydrogens (tertiary/aromatic N) is 3. The van der Waals surface area contributed by atoms with Crippen LogP contribution in [0.5, 0.6) is 0 Å². The highest BCUT2D eigenvalue weighted by atomic mass is 32.2. The number of aromatic nitrogens is 4. The van der Waals surface area contributed by atoms with Gasteiger partial charge in [0.1, 0.15) is 17.0 Å². The molecule has 4 aromatic rings. The number of fused-ring (bicyclic) bond motifs is 2. The average Bonchev–Trinajstić information content (AvgIpc) is 3.10. The fourth-order valence-corrected chi connectivity index (χ4v) is 3.36. The van der Waals surface area contributed by atoms with Crippen LogP contribution in [0.4, 0.5) is 5.82 Å². The van der Waals surface area contributed by atoms with Gasteiger partial charge in [-0.1, -0.05) is 36.9 Å². The van der Waals surface area contributed by atoms with Gasteiger partial charge in [0.05, 0.1) is 5.69 Å². The maximum atomic E-state index is 6.10. The predicted octanol–water partition coefficient (Wildman–Crippen LogP) is 3.57. The summed E-state index contributed by atoms with van der Waals surface area (Å²) in [6, 6.07) is 10.3. The first kappa shape index (κ1) is 13.2. The molecule has 4 rings (SSSR count). The molecule has 0 unspecified atom stereocenters. The number of para-hydroxylation sites is 1. The zero-order valence-electron chi connectivity index (χ0n) is 12.1. The number of H-pyrrole nitrogens is 1. The topological polar surface area (TPSA) is 72.0 Å². The first-order valence-electron chi connectivity index (χ1n) is 7.11. The molecule has 0 fully saturated rings. The van der Waals surface area contributed by atoms with Crippen molar-refractivity contribution in [2.75, 3.05) is 11.5 Å². The zero-order chi connectivity index (χ0) is 15.1. The van der Waals surface area contributed by atoms with Crippen molar-refractivity contribution < 1.29 is 0 Å². The van der Waals surface area contributed by atoms with Gasteiger partial charge in [0, 0.05) is 23.3 Å². The average molecular weight is 309 g/mol. The summed E-state index contributed by atoms with van der Waals surface area (Å²) in [5, 5.41) is 2.09. The number of nitrogens with two attached hydrogens (primary N) is 1. The molecular formula is C16H15N5S. The van der Waals surface area contributed by atoms with Gasteiger partial charge in [0.2, 0.25) is 0 Å². The van der Waals surface area contributed by atoms with Crippen LogP contribution in [-0.2, 0) is 0 Å². The Bertz CT molecular complexity index is 936. The lowest BCUT2D eigenvalue weighted by Gasteiger charge is -2.00. The van der Waals surface area contributed by atoms with Gasteiger partial charge in [-0.15, -0.1) is 0 Å². The summed E-state index contributed by atoms with van der Waals surface area (Å²) in [6.45, 7) is 2.11. The van der Waals surface area contributed by atoms with Crippen LogP contribution < -0.4 is 5.73 Å². The summed E-state index contributed by atoms with van der Waals surface area (Å²) >= 11 is 1.69. The summed E-state index contributed by atoms with van der Waals surface area (Å²) < 4.78 is 2.01. The summed E-state index contributed by atoms with van der Waals surface area (Å²) in [5.74, 6) is 1.44. The Labute approximate surface area is 131 Å². The maximum absolute atomic E-state index is 6.10. The smallest absolute Gasteiger partial charge is 0.173 e. The molecule has 3 aromatic heterocycles. The number of hydrogen-bond donors (Lipinski definition) is 2. The van der Waals surface area contributed by atoms with E-state index >= 15 is 0 Å². The first-order valence-corrected chi connectivity index (χ1v) is 8.10. The molecule has 0 atom stereocenters. The van der Waals surface area contributed by atoms with E-state index in [2.05, 4.69) is 35.1 Å². The van der Waals surface area contributed by atoms with E-state index in [1.165, 1.54) is 0 Å². The second-order valence-electron chi connectivity index (χ2n) is 4.98. The van der Waals surface area contributed by atoms with Crippen LogP contribution >= 0.6 is 11.8 Å². The molecule has 0 saturated carbocycles. The third kappa shape index (κ3) is 1.95. The van der Waals surface area contributed by atoms with Crippen LogP contribution in [0.2, 0.25) is 0 Å². The van der Waals surface area contributed by atoms with Crippen molar-refractivity contribution in [1.29, 1.82) is 0 Å². The highest BCUT2D eigenvalue weighted by Gasteiger charge is 2.17. The first-order chi connectivity index (χ1) is 10.8. The SMILES string of the molecule is CCSc1nc(-c2cc3ccccc3[nH]2)c2c(N)nccn12. The minimum absolute atomic E-state index is 0.492. The maximum Gasteiger partial charge on any atom is 0.173 e. The summed E-state index contributed by atoms with van der Waals surface area (Å²) in [5.41, 5.74) is 9.85. The number of thioether (sulfide) groups is 1. The highest BCUT2D eigenvalue weighted by molar-refractivity contribution is 7.99. The van der Waals surface area contributed by atoms with Crippen molar-refractivity contribution in [2.45, 2.75) is 12.1 Å². The molecule has 0 spiro atoms. The van der Waals surface area contributed by atoms with Gasteiger partial charge in [-0.25, -0.2) is 9.97 Å². The minimum atomic E-state index is 0.492. The van der Waals surface area contributed by atoms with Crippen molar-refractivity contribution in [3.8, 4) is 11.4 Å². The second-order valence-corrected chi connectivity index (χ2v) is 6.21. The van der Waals surface area contributed by atoms with E-state index < -0.39 is 0 Å². The Morgan fingerprint density at radius 3 is 3.00 bits per heavy atom. The molecule has 0 aliphatic heterocycles. The van der Waals surface area contributed by atoms with Crippen LogP contribution in [0.3, 0.4) is 0 Å². The normalized spacial score (nSPS) is 11.5. The van der Waals surface area contributed by atoms with Crippen molar-refractivity contribution in [1.82, 2.24) is 19.4 Å². The molecule has 0 aliphatic carbocycles. The molecular weight excluding hydrogens is 294 g/mol. The van der Waals surface area contributed by atoms with Crippen LogP contribution in [-0.4, -0.2) is 25.1 Å². The second kappa shape index (κ2) is 5.06. The summed E-state index contributed by atoms with van der Waals surface area (Å²) in [4.78, 5) is 12.4. The van der Waals surface area contributed by atoms with Gasteiger partial charge in [-0.2, -0.15) is 0 Å². The molecule has 0 amide bonds. The lowest BCUT2D eigenvalue weighted by molar-refractivity contribution is 0.950. The van der Waals surface area contributed by atoms with E-state index in [-0.39, 0.29) is 0 Å². The third-order valence-corrected chi connectivity index (χ3v) is 4.44. The standard InChI is InChI=1S/C16H15N5S/c1-2-22-16-20-13(14-15(17)18-7-8-21(14)16)12-9-10-5-3-4-6-11(10)19-12/h3-9,19H,2H2,1H3,(H2,17,18). The number of anilines is 1. The number of imidazole rings is 1. The largest absolute Gasteiger partial charge is 0.382 e. The van der Waals surface area contributed by atoms with Crippen molar-refractivity contribution >= 4 is 34.0 Å². The molecule has 110 valence electrons. The number of hydrogen-bond acceptors (Lipinski definition) is 4. The molecule has 0 saturated heterocycles. The molecule has 1 aromatic carbocycles. The van der Waals surface area contributed by atoms with Gasteiger partial charge >= 0.3 is 0 Å². The lowest BCUT2D eigenvalue weighted by Crippen LogP contribution is -1.96. The molecule has 6 heteroatoms. The fourth-order valence-electron chi connectivity index (χ4n) is 2.66. The van der Waals surface area contributed by atoms with Crippen LogP contribution in [0.1, 0.15) is 6.92 Å². The van der Waals surface area contributed by atoms with Gasteiger partial charge < -0.3 is 10.7 Å². The van der Waals surface area contributed by atoms with Crippen molar-refractivity contribution in [2.24, 2.45) is 0 Å². The number of nitrogens with one attached hydrogen (secondary N) is 1. The minimum Gasteiger partial charge on any atom is -0.382 e. The van der Waals surface area contributed by atoms with Gasteiger partial charge in [0.25, 0.3) is 0 Å². The van der Waals surface area contributed by atoms with Crippen LogP contribution in [0, 0.1) is 0 Å². The molecule has 3 heterocycles. The lowest BCUT2D eigenvalue weighted by atomic mass is 10.2. The fraction of sp³-hybridized carbons (Fsp3) is 0.125. The Kier molecular flexibility index (Phi) is 3.04. The Morgan fingerprint density at radius 2 is 2.18 bits per heavy atom. The number of benzene rings is 1. The zero-order valence-corrected chi connectivity index (χ0v) is 12.9. The molecule has 0 bridgehead atoms. The molecule has 3 N–H and O–H groups in total. The van der Waals surface area contributed by atoms with Gasteiger partial charge in [0.15, 0.2) is 5.16 Å². The van der Waals surface area contributed by atoms with E-state index in [4.69, 9.17) is 10.7 Å². The molecule has 0 radical (unpaired) electrons. The van der Waals surface area contributed by atoms with Crippen LogP contribution in [0.15, 0.2) is 47.9 Å². The Hall–Kier alpha value is -2.47. The van der Waals surface area contributed by atoms with E-state index in [0.717, 1.165) is 38.7 Å². The van der Waals surface area contributed by atoms with Crippen LogP contribution in [0.25, 0.3) is 27.8 Å². The quantitative estimate of drug-likeness (QED) is 0.567. The highest BCUT2D eigenvalue weighted by Crippen LogP contribution is 2.32. The molecule has 5 nitrogen and oxygen atoms in total. The summed E-state index contributed by atoms with van der Waals surface area (Å²) in [6.07, 6.45) is 3.61. The monoisotopic (exact) mass is 309 g/mol. The van der Waals surface area contributed by atoms with E-state index in [1.54, 1.807) is 18.0 Å². The van der Waals surface area contributed by atoms with E-state index in [0.29, 0.717) is 5.82 Å². The Morgan fingerprint density at radius 1 is 1.32 bits per heavy atom. The number of aromatic amines is 1. The third-order valence-electron chi connectivity index (χ3n) is 3.61. The molecule has 22 heavy (non-hydrogen) atoms. The van der Waals surface area contributed by atoms with Crippen molar-refractivity contribution in [3.63, 3.8) is 0 Å². The number of nitrogen functional groups attached to an aromatic ring is 1. The number of rotatable bonds is 3. The molecule has 0 aliphatic rings. The predicted molar refractivity (Wildman–Crippen MR) is 91.1 cm³/mol. The van der Waals surface area contributed by atoms with Crippen molar-refractivity contribution in [3.05, 3.63) is 42.7 Å². The summed E-state index contributed by atoms with van der Waals surface area (Å²) in [7, 11) is 0. The van der Waals surface area contributed by atoms with E-state index in [1.807, 2.05) is 22.7 Å². The van der Waals surface area contributed by atoms with Gasteiger partial charge in [-0.05, 0) is 17.9 Å².